The highest BCUT2D eigenvalue weighted by molar-refractivity contribution is 6.34. The van der Waals surface area contributed by atoms with E-state index in [1.165, 1.54) is 16.7 Å². The van der Waals surface area contributed by atoms with Crippen molar-refractivity contribution in [2.45, 2.75) is 26.7 Å². The number of anilines is 2. The largest absolute Gasteiger partial charge is 0.396 e. The van der Waals surface area contributed by atoms with Gasteiger partial charge in [-0.1, -0.05) is 32.0 Å². The normalized spacial score (nSPS) is 13.4. The summed E-state index contributed by atoms with van der Waals surface area (Å²) in [4.78, 5) is 39.3. The Hall–Kier alpha value is -4.82. The molecule has 0 unspecified atom stereocenters. The van der Waals surface area contributed by atoms with Crippen molar-refractivity contribution >= 4 is 39.9 Å². The van der Waals surface area contributed by atoms with Crippen molar-refractivity contribution in [3.05, 3.63) is 86.9 Å². The zero-order chi connectivity index (χ0) is 31.2. The predicted molar refractivity (Wildman–Crippen MR) is 162 cm³/mol. The highest BCUT2D eigenvalue weighted by Crippen LogP contribution is 2.38. The standard InChI is InChI=1S/C31H28ClF2N7O2/c1-5-24(42)39-8-10-40(11-9-39)29-19-14-21(32)27(18-12-22(33)25(34)23(36)13-18)38-30(19)41(31(43)20(29)15-35)28-17(4)6-7-37-26(28)16(2)3/h5-7,12-14,16H,1,8-11,36H2,2-4H3. The van der Waals surface area contributed by atoms with E-state index >= 15 is 0 Å². The summed E-state index contributed by atoms with van der Waals surface area (Å²) in [5.74, 6) is -2.69. The fourth-order valence-electron chi connectivity index (χ4n) is 5.42. The molecular weight excluding hydrogens is 576 g/mol. The molecule has 1 fully saturated rings. The van der Waals surface area contributed by atoms with Gasteiger partial charge in [0, 0.05) is 43.3 Å². The number of fused-ring (bicyclic) bond motifs is 1. The number of amides is 1. The van der Waals surface area contributed by atoms with Gasteiger partial charge in [0.25, 0.3) is 5.56 Å². The Balaban J connectivity index is 1.88. The molecule has 1 aliphatic heterocycles. The maximum Gasteiger partial charge on any atom is 0.276 e. The minimum absolute atomic E-state index is 0.0672. The number of nitriles is 1. The number of nitrogens with zero attached hydrogens (tertiary/aromatic N) is 6. The van der Waals surface area contributed by atoms with Crippen molar-refractivity contribution in [1.29, 1.82) is 5.26 Å². The van der Waals surface area contributed by atoms with E-state index in [2.05, 4.69) is 17.6 Å². The van der Waals surface area contributed by atoms with Crippen molar-refractivity contribution in [2.24, 2.45) is 0 Å². The molecule has 1 aromatic carbocycles. The van der Waals surface area contributed by atoms with Gasteiger partial charge < -0.3 is 15.5 Å². The molecule has 0 radical (unpaired) electrons. The van der Waals surface area contributed by atoms with Crippen LogP contribution in [0.25, 0.3) is 28.0 Å². The summed E-state index contributed by atoms with van der Waals surface area (Å²) in [6.07, 6.45) is 2.89. The Morgan fingerprint density at radius 2 is 1.88 bits per heavy atom. The van der Waals surface area contributed by atoms with E-state index in [1.807, 2.05) is 25.7 Å². The Labute approximate surface area is 251 Å². The maximum atomic E-state index is 14.4. The third kappa shape index (κ3) is 5.08. The molecular formula is C31H28ClF2N7O2. The molecule has 5 rings (SSSR count). The average Bonchev–Trinajstić information content (AvgIpc) is 2.99. The summed E-state index contributed by atoms with van der Waals surface area (Å²) in [6, 6.07) is 7.56. The number of rotatable bonds is 5. The third-order valence-corrected chi connectivity index (χ3v) is 7.81. The molecule has 0 atom stereocenters. The molecule has 0 saturated carbocycles. The number of hydrogen-bond acceptors (Lipinski definition) is 7. The van der Waals surface area contributed by atoms with E-state index in [1.54, 1.807) is 23.2 Å². The minimum Gasteiger partial charge on any atom is -0.396 e. The van der Waals surface area contributed by atoms with Gasteiger partial charge in [-0.2, -0.15) is 5.26 Å². The average molecular weight is 604 g/mol. The van der Waals surface area contributed by atoms with Gasteiger partial charge in [-0.05, 0) is 48.7 Å². The monoisotopic (exact) mass is 603 g/mol. The fourth-order valence-corrected chi connectivity index (χ4v) is 5.68. The van der Waals surface area contributed by atoms with E-state index in [4.69, 9.17) is 22.3 Å². The van der Waals surface area contributed by atoms with Crippen LogP contribution in [0.1, 0.15) is 36.6 Å². The highest BCUT2D eigenvalue weighted by Gasteiger charge is 2.29. The summed E-state index contributed by atoms with van der Waals surface area (Å²) >= 11 is 6.74. The lowest BCUT2D eigenvalue weighted by atomic mass is 10.0. The lowest BCUT2D eigenvalue weighted by Crippen LogP contribution is -2.49. The molecule has 0 aliphatic carbocycles. The number of hydrogen-bond donors (Lipinski definition) is 1. The van der Waals surface area contributed by atoms with Crippen LogP contribution in [0, 0.1) is 29.9 Å². The molecule has 9 nitrogen and oxygen atoms in total. The zero-order valence-corrected chi connectivity index (χ0v) is 24.5. The van der Waals surface area contributed by atoms with Crippen LogP contribution in [0.4, 0.5) is 20.2 Å². The van der Waals surface area contributed by atoms with E-state index in [-0.39, 0.29) is 39.3 Å². The smallest absolute Gasteiger partial charge is 0.276 e. The number of aryl methyl sites for hydroxylation is 1. The van der Waals surface area contributed by atoms with Crippen LogP contribution in [0.15, 0.2) is 47.9 Å². The summed E-state index contributed by atoms with van der Waals surface area (Å²) in [5.41, 5.74) is 6.95. The molecule has 0 bridgehead atoms. The van der Waals surface area contributed by atoms with Gasteiger partial charge in [-0.3, -0.25) is 19.1 Å². The topological polar surface area (TPSA) is 121 Å². The van der Waals surface area contributed by atoms with Gasteiger partial charge in [-0.15, -0.1) is 0 Å². The van der Waals surface area contributed by atoms with Crippen LogP contribution in [0.5, 0.6) is 0 Å². The molecule has 12 heteroatoms. The fraction of sp³-hybridized carbons (Fsp3) is 0.258. The van der Waals surface area contributed by atoms with Crippen molar-refractivity contribution in [1.82, 2.24) is 19.4 Å². The van der Waals surface area contributed by atoms with Crippen molar-refractivity contribution in [3.63, 3.8) is 0 Å². The van der Waals surface area contributed by atoms with Crippen LogP contribution in [0.2, 0.25) is 5.02 Å². The number of nitrogens with two attached hydrogens (primary N) is 1. The van der Waals surface area contributed by atoms with Crippen molar-refractivity contribution in [3.8, 4) is 23.0 Å². The van der Waals surface area contributed by atoms with E-state index in [9.17, 15) is 23.6 Å². The summed E-state index contributed by atoms with van der Waals surface area (Å²) in [5, 5.41) is 10.8. The van der Waals surface area contributed by atoms with Gasteiger partial charge in [0.1, 0.15) is 17.3 Å². The number of carbonyl (C=O) groups is 1. The molecule has 43 heavy (non-hydrogen) atoms. The van der Waals surface area contributed by atoms with Crippen LogP contribution in [0.3, 0.4) is 0 Å². The molecule has 1 saturated heterocycles. The third-order valence-electron chi connectivity index (χ3n) is 7.53. The quantitative estimate of drug-likeness (QED) is 0.249. The second-order valence-electron chi connectivity index (χ2n) is 10.6. The molecule has 3 aromatic heterocycles. The van der Waals surface area contributed by atoms with E-state index in [0.717, 1.165) is 6.07 Å². The second kappa shape index (κ2) is 11.5. The van der Waals surface area contributed by atoms with Crippen molar-refractivity contribution < 1.29 is 13.6 Å². The van der Waals surface area contributed by atoms with Crippen LogP contribution < -0.4 is 16.2 Å². The number of piperazine rings is 1. The van der Waals surface area contributed by atoms with Gasteiger partial charge >= 0.3 is 0 Å². The molecule has 4 aromatic rings. The molecule has 2 N–H and O–H groups in total. The number of nitrogen functional groups attached to an aromatic ring is 1. The van der Waals surface area contributed by atoms with Gasteiger partial charge in [-0.25, -0.2) is 13.8 Å². The Bertz CT molecular complexity index is 1880. The Morgan fingerprint density at radius 1 is 1.19 bits per heavy atom. The van der Waals surface area contributed by atoms with Crippen LogP contribution >= 0.6 is 11.6 Å². The van der Waals surface area contributed by atoms with Crippen molar-refractivity contribution in [2.75, 3.05) is 36.8 Å². The number of carbonyl (C=O) groups excluding carboxylic acids is 1. The molecule has 0 spiro atoms. The minimum atomic E-state index is -1.19. The number of pyridine rings is 3. The summed E-state index contributed by atoms with van der Waals surface area (Å²) in [7, 11) is 0. The van der Waals surface area contributed by atoms with E-state index < -0.39 is 22.9 Å². The SMILES string of the molecule is C=CC(=O)N1CCN(c2c(C#N)c(=O)n(-c3c(C)ccnc3C(C)C)c3nc(-c4cc(N)c(F)c(F)c4)c(Cl)cc23)CC1. The predicted octanol–water partition coefficient (Wildman–Crippen LogP) is 5.10. The molecule has 4 heterocycles. The number of halogens is 3. The Morgan fingerprint density at radius 3 is 2.49 bits per heavy atom. The highest BCUT2D eigenvalue weighted by atomic mass is 35.5. The maximum absolute atomic E-state index is 14.4. The molecule has 1 amide bonds. The number of benzene rings is 1. The van der Waals surface area contributed by atoms with Crippen LogP contribution in [-0.4, -0.2) is 51.5 Å². The lowest BCUT2D eigenvalue weighted by Gasteiger charge is -2.36. The van der Waals surface area contributed by atoms with Crippen LogP contribution in [-0.2, 0) is 4.79 Å². The number of aromatic nitrogens is 3. The molecule has 220 valence electrons. The summed E-state index contributed by atoms with van der Waals surface area (Å²) in [6.45, 7) is 10.6. The first kappa shape index (κ1) is 29.7. The first-order chi connectivity index (χ1) is 20.5. The first-order valence-electron chi connectivity index (χ1n) is 13.5. The van der Waals surface area contributed by atoms with Gasteiger partial charge in [0.2, 0.25) is 5.91 Å². The first-order valence-corrected chi connectivity index (χ1v) is 13.9. The zero-order valence-electron chi connectivity index (χ0n) is 23.8. The Kier molecular flexibility index (Phi) is 7.90. The molecule has 1 aliphatic rings. The van der Waals surface area contributed by atoms with Gasteiger partial charge in [0.15, 0.2) is 11.6 Å². The summed E-state index contributed by atoms with van der Waals surface area (Å²) < 4.78 is 29.8. The lowest BCUT2D eigenvalue weighted by molar-refractivity contribution is -0.126. The van der Waals surface area contributed by atoms with E-state index in [0.29, 0.717) is 54.2 Å². The van der Waals surface area contributed by atoms with Gasteiger partial charge in [0.05, 0.1) is 33.5 Å². The second-order valence-corrected chi connectivity index (χ2v) is 11.0.